The fourth-order valence-corrected chi connectivity index (χ4v) is 2.33. The molecule has 0 fully saturated rings. The van der Waals surface area contributed by atoms with Gasteiger partial charge in [-0.05, 0) is 17.2 Å². The van der Waals surface area contributed by atoms with E-state index in [2.05, 4.69) is 0 Å². The van der Waals surface area contributed by atoms with Crippen LogP contribution in [0.15, 0.2) is 78.9 Å². The summed E-state index contributed by atoms with van der Waals surface area (Å²) in [5.74, 6) is 1.40. The predicted molar refractivity (Wildman–Crippen MR) is 103 cm³/mol. The number of halogens is 1. The van der Waals surface area contributed by atoms with Gasteiger partial charge in [0.2, 0.25) is 0 Å². The maximum Gasteiger partial charge on any atom is 2.00 e. The summed E-state index contributed by atoms with van der Waals surface area (Å²) in [5.41, 5.74) is 3.11. The van der Waals surface area contributed by atoms with Crippen LogP contribution in [-0.4, -0.2) is 23.1 Å². The molecule has 0 heterocycles. The molecule has 0 aliphatic rings. The van der Waals surface area contributed by atoms with Gasteiger partial charge in [0, 0.05) is 0 Å². The smallest absolute Gasteiger partial charge is 1.00 e. The minimum Gasteiger partial charge on any atom is -1.00 e. The van der Waals surface area contributed by atoms with Crippen LogP contribution in [0.25, 0.3) is 6.08 Å². The van der Waals surface area contributed by atoms with Crippen LogP contribution in [0.3, 0.4) is 0 Å². The summed E-state index contributed by atoms with van der Waals surface area (Å²) in [7, 11) is 0. The van der Waals surface area contributed by atoms with E-state index in [0.29, 0.717) is 24.7 Å². The van der Waals surface area contributed by atoms with Crippen molar-refractivity contribution in [3.8, 4) is 11.5 Å². The van der Waals surface area contributed by atoms with Gasteiger partial charge >= 0.3 is 23.1 Å². The Balaban J connectivity index is 0.00000169. The van der Waals surface area contributed by atoms with Crippen molar-refractivity contribution in [2.24, 2.45) is 0 Å². The van der Waals surface area contributed by atoms with Gasteiger partial charge in [0.1, 0.15) is 19.0 Å². The van der Waals surface area contributed by atoms with Crippen molar-refractivity contribution in [3.05, 3.63) is 102 Å². The Morgan fingerprint density at radius 1 is 0.692 bits per heavy atom. The maximum absolute atomic E-state index is 5.95. The molecule has 0 radical (unpaired) electrons. The molecule has 128 valence electrons. The fourth-order valence-electron chi connectivity index (χ4n) is 2.33. The Morgan fingerprint density at radius 3 is 1.69 bits per heavy atom. The average Bonchev–Trinajstić information content (AvgIpc) is 2.66. The molecule has 3 aromatic rings. The van der Waals surface area contributed by atoms with E-state index in [-0.39, 0.29) is 40.0 Å². The third-order valence-electron chi connectivity index (χ3n) is 3.63. The van der Waals surface area contributed by atoms with Gasteiger partial charge in [-0.3, -0.25) is 6.58 Å². The summed E-state index contributed by atoms with van der Waals surface area (Å²) < 4.78 is 11.9. The van der Waals surface area contributed by atoms with Gasteiger partial charge in [-0.25, -0.2) is 6.08 Å². The molecule has 0 N–H and O–H groups in total. The van der Waals surface area contributed by atoms with E-state index >= 15 is 0 Å². The molecule has 0 bridgehead atoms. The molecule has 3 rings (SSSR count). The second kappa shape index (κ2) is 11.8. The second-order valence-electron chi connectivity index (χ2n) is 5.42. The van der Waals surface area contributed by atoms with Gasteiger partial charge in [-0.15, -0.1) is 6.07 Å². The molecule has 0 atom stereocenters. The van der Waals surface area contributed by atoms with E-state index in [9.17, 15) is 0 Å². The summed E-state index contributed by atoms with van der Waals surface area (Å²) in [6.07, 6.45) is 1.55. The first-order valence-corrected chi connectivity index (χ1v) is 7.87. The average molecular weight is 420 g/mol. The van der Waals surface area contributed by atoms with Gasteiger partial charge in [0.25, 0.3) is 0 Å². The summed E-state index contributed by atoms with van der Waals surface area (Å²) in [4.78, 5) is 0. The molecular weight excluding hydrogens is 400 g/mol. The number of hydrogen-bond donors (Lipinski definition) is 0. The topological polar surface area (TPSA) is 18.5 Å². The van der Waals surface area contributed by atoms with E-state index in [1.165, 1.54) is 0 Å². The van der Waals surface area contributed by atoms with Gasteiger partial charge in [-0.1, -0.05) is 66.7 Å². The molecule has 0 saturated heterocycles. The number of ether oxygens (including phenoxy) is 2. The van der Waals surface area contributed by atoms with Crippen LogP contribution in [0, 0.1) is 6.58 Å². The third kappa shape index (κ3) is 6.52. The van der Waals surface area contributed by atoms with Crippen LogP contribution >= 0.6 is 0 Å². The molecule has 0 spiro atoms. The van der Waals surface area contributed by atoms with Crippen LogP contribution in [0.4, 0.5) is 0 Å². The first-order valence-electron chi connectivity index (χ1n) is 7.87. The molecule has 26 heavy (non-hydrogen) atoms. The molecule has 0 aliphatic heterocycles. The Bertz CT molecular complexity index is 792. The molecule has 0 amide bonds. The van der Waals surface area contributed by atoms with E-state index < -0.39 is 0 Å². The minimum atomic E-state index is 0. The normalized spacial score (nSPS) is 9.38. The molecular formula is C22H19BrMgO2. The molecule has 0 aromatic heterocycles. The summed E-state index contributed by atoms with van der Waals surface area (Å²) >= 11 is 0. The van der Waals surface area contributed by atoms with Crippen molar-refractivity contribution in [1.82, 2.24) is 0 Å². The van der Waals surface area contributed by atoms with Crippen LogP contribution in [-0.2, 0) is 13.2 Å². The quantitative estimate of drug-likeness (QED) is 0.430. The second-order valence-corrected chi connectivity index (χ2v) is 5.42. The molecule has 0 saturated carbocycles. The van der Waals surface area contributed by atoms with Gasteiger partial charge in [0.15, 0.2) is 5.75 Å². The maximum atomic E-state index is 5.95. The Labute approximate surface area is 181 Å². The third-order valence-corrected chi connectivity index (χ3v) is 3.63. The van der Waals surface area contributed by atoms with Crippen molar-refractivity contribution in [2.45, 2.75) is 13.2 Å². The zero-order chi connectivity index (χ0) is 16.6. The predicted octanol–water partition coefficient (Wildman–Crippen LogP) is 1.91. The SMILES string of the molecule is [Br-].[CH-]=Cc1ccc(OCc2ccccc2)c(OCc2ccccc2)c1.[Mg+2]. The zero-order valence-corrected chi connectivity index (χ0v) is 17.5. The summed E-state index contributed by atoms with van der Waals surface area (Å²) in [6.45, 7) is 6.60. The first kappa shape index (κ1) is 22.3. The Hall–Kier alpha value is -1.75. The molecule has 3 aromatic carbocycles. The van der Waals surface area contributed by atoms with Crippen molar-refractivity contribution in [2.75, 3.05) is 0 Å². The van der Waals surface area contributed by atoms with Crippen LogP contribution < -0.4 is 26.5 Å². The first-order chi connectivity index (χ1) is 11.8. The Kier molecular flexibility index (Phi) is 10.1. The van der Waals surface area contributed by atoms with Crippen molar-refractivity contribution in [3.63, 3.8) is 0 Å². The standard InChI is InChI=1S/C22H19O2.BrH.Mg/c1-2-18-13-14-21(23-16-19-9-5-3-6-10-19)22(15-18)24-17-20-11-7-4-8-12-20;;/h1-15H,16-17H2;1H;/q-1;;+2/p-1. The van der Waals surface area contributed by atoms with Crippen molar-refractivity contribution >= 4 is 29.1 Å². The number of rotatable bonds is 7. The molecule has 0 aliphatic carbocycles. The van der Waals surface area contributed by atoms with Gasteiger partial charge in [0.05, 0.1) is 0 Å². The summed E-state index contributed by atoms with van der Waals surface area (Å²) in [6, 6.07) is 25.8. The molecule has 0 unspecified atom stereocenters. The summed E-state index contributed by atoms with van der Waals surface area (Å²) in [5, 5.41) is 0. The van der Waals surface area contributed by atoms with E-state index in [4.69, 9.17) is 16.1 Å². The molecule has 4 heteroatoms. The Morgan fingerprint density at radius 2 is 1.19 bits per heavy atom. The number of hydrogen-bond acceptors (Lipinski definition) is 2. The van der Waals surface area contributed by atoms with Gasteiger partial charge < -0.3 is 26.5 Å². The fraction of sp³-hybridized carbons (Fsp3) is 0.0909. The van der Waals surface area contributed by atoms with E-state index in [1.54, 1.807) is 6.08 Å². The largest absolute Gasteiger partial charge is 2.00 e. The monoisotopic (exact) mass is 418 g/mol. The van der Waals surface area contributed by atoms with Crippen LogP contribution in [0.5, 0.6) is 11.5 Å². The zero-order valence-electron chi connectivity index (χ0n) is 14.5. The van der Waals surface area contributed by atoms with Gasteiger partial charge in [-0.2, -0.15) is 5.56 Å². The van der Waals surface area contributed by atoms with E-state index in [0.717, 1.165) is 16.7 Å². The number of benzene rings is 3. The minimum absolute atomic E-state index is 0. The van der Waals surface area contributed by atoms with E-state index in [1.807, 2.05) is 78.9 Å². The van der Waals surface area contributed by atoms with Crippen LogP contribution in [0.2, 0.25) is 0 Å². The molecule has 2 nitrogen and oxygen atoms in total. The van der Waals surface area contributed by atoms with Crippen LogP contribution in [0.1, 0.15) is 16.7 Å². The van der Waals surface area contributed by atoms with Crippen molar-refractivity contribution in [1.29, 1.82) is 0 Å². The van der Waals surface area contributed by atoms with Crippen molar-refractivity contribution < 1.29 is 26.5 Å².